The minimum atomic E-state index is -3.39. The van der Waals surface area contributed by atoms with E-state index >= 15 is 0 Å². The van der Waals surface area contributed by atoms with Crippen molar-refractivity contribution in [2.75, 3.05) is 13.1 Å². The first-order valence-corrected chi connectivity index (χ1v) is 9.31. The van der Waals surface area contributed by atoms with Crippen molar-refractivity contribution in [3.8, 4) is 11.3 Å². The molecule has 1 unspecified atom stereocenters. The summed E-state index contributed by atoms with van der Waals surface area (Å²) in [5.41, 5.74) is 1.55. The molecule has 0 radical (unpaired) electrons. The molecule has 5 nitrogen and oxygen atoms in total. The second-order valence-electron chi connectivity index (χ2n) is 5.60. The Labute approximate surface area is 128 Å². The fourth-order valence-electron chi connectivity index (χ4n) is 2.57. The highest BCUT2D eigenvalue weighted by atomic mass is 32.2. The van der Waals surface area contributed by atoms with Gasteiger partial charge in [-0.15, -0.1) is 11.3 Å². The molecule has 114 valence electrons. The van der Waals surface area contributed by atoms with E-state index in [0.717, 1.165) is 24.1 Å². The monoisotopic (exact) mass is 326 g/mol. The SMILES string of the molecule is Cc1cc(-c2csc(S(=O)(=O)N3CCCC(C)C3)c2)on1. The molecule has 1 aliphatic heterocycles. The van der Waals surface area contributed by atoms with Crippen molar-refractivity contribution < 1.29 is 12.9 Å². The largest absolute Gasteiger partial charge is 0.356 e. The zero-order valence-corrected chi connectivity index (χ0v) is 13.7. The Bertz CT molecular complexity index is 733. The average molecular weight is 326 g/mol. The van der Waals surface area contributed by atoms with Crippen LogP contribution >= 0.6 is 11.3 Å². The Morgan fingerprint density at radius 1 is 1.43 bits per heavy atom. The van der Waals surface area contributed by atoms with Crippen LogP contribution in [0.3, 0.4) is 0 Å². The molecule has 1 saturated heterocycles. The third-order valence-corrected chi connectivity index (χ3v) is 6.98. The molecule has 0 spiro atoms. The summed E-state index contributed by atoms with van der Waals surface area (Å²) in [4.78, 5) is 0. The Morgan fingerprint density at radius 2 is 2.24 bits per heavy atom. The maximum atomic E-state index is 12.7. The van der Waals surface area contributed by atoms with Crippen LogP contribution in [0.15, 0.2) is 26.2 Å². The number of sulfonamides is 1. The lowest BCUT2D eigenvalue weighted by molar-refractivity contribution is 0.281. The van der Waals surface area contributed by atoms with Gasteiger partial charge in [-0.2, -0.15) is 4.31 Å². The minimum absolute atomic E-state index is 0.376. The number of hydrogen-bond donors (Lipinski definition) is 0. The number of hydrogen-bond acceptors (Lipinski definition) is 5. The summed E-state index contributed by atoms with van der Waals surface area (Å²) in [6.07, 6.45) is 2.03. The first-order valence-electron chi connectivity index (χ1n) is 6.99. The van der Waals surface area contributed by atoms with Gasteiger partial charge in [0, 0.05) is 30.1 Å². The number of piperidine rings is 1. The fourth-order valence-corrected chi connectivity index (χ4v) is 5.49. The average Bonchev–Trinajstić information content (AvgIpc) is 3.07. The van der Waals surface area contributed by atoms with Gasteiger partial charge in [-0.3, -0.25) is 0 Å². The van der Waals surface area contributed by atoms with Crippen LogP contribution in [0.25, 0.3) is 11.3 Å². The molecule has 1 fully saturated rings. The van der Waals surface area contributed by atoms with E-state index in [1.807, 2.05) is 6.92 Å². The van der Waals surface area contributed by atoms with Crippen LogP contribution in [0.5, 0.6) is 0 Å². The van der Waals surface area contributed by atoms with Gasteiger partial charge in [0.15, 0.2) is 5.76 Å². The van der Waals surface area contributed by atoms with Gasteiger partial charge < -0.3 is 4.52 Å². The molecule has 3 heterocycles. The molecule has 7 heteroatoms. The van der Waals surface area contributed by atoms with E-state index in [9.17, 15) is 8.42 Å². The van der Waals surface area contributed by atoms with Crippen molar-refractivity contribution in [1.82, 2.24) is 9.46 Å². The minimum Gasteiger partial charge on any atom is -0.356 e. The van der Waals surface area contributed by atoms with Gasteiger partial charge in [0.2, 0.25) is 0 Å². The first-order chi connectivity index (χ1) is 9.96. The number of rotatable bonds is 3. The Kier molecular flexibility index (Phi) is 3.90. The molecule has 2 aromatic heterocycles. The van der Waals surface area contributed by atoms with Gasteiger partial charge in [-0.05, 0) is 31.7 Å². The van der Waals surface area contributed by atoms with Crippen molar-refractivity contribution in [2.24, 2.45) is 5.92 Å². The molecule has 3 rings (SSSR count). The predicted molar refractivity (Wildman–Crippen MR) is 81.7 cm³/mol. The van der Waals surface area contributed by atoms with Crippen LogP contribution in [-0.4, -0.2) is 31.0 Å². The van der Waals surface area contributed by atoms with E-state index < -0.39 is 10.0 Å². The van der Waals surface area contributed by atoms with Crippen molar-refractivity contribution in [3.63, 3.8) is 0 Å². The molecule has 0 aromatic carbocycles. The maximum Gasteiger partial charge on any atom is 0.252 e. The summed E-state index contributed by atoms with van der Waals surface area (Å²) in [5.74, 6) is 1.03. The van der Waals surface area contributed by atoms with E-state index in [4.69, 9.17) is 4.52 Å². The molecule has 1 atom stereocenters. The molecule has 2 aromatic rings. The van der Waals surface area contributed by atoms with E-state index in [0.29, 0.717) is 29.0 Å². The van der Waals surface area contributed by atoms with Gasteiger partial charge >= 0.3 is 0 Å². The number of aromatic nitrogens is 1. The van der Waals surface area contributed by atoms with Crippen LogP contribution in [0.1, 0.15) is 25.5 Å². The third-order valence-electron chi connectivity index (χ3n) is 3.70. The second-order valence-corrected chi connectivity index (χ2v) is 8.67. The van der Waals surface area contributed by atoms with E-state index in [2.05, 4.69) is 12.1 Å². The van der Waals surface area contributed by atoms with Crippen molar-refractivity contribution in [1.29, 1.82) is 0 Å². The van der Waals surface area contributed by atoms with Gasteiger partial charge in [-0.1, -0.05) is 12.1 Å². The van der Waals surface area contributed by atoms with E-state index in [1.54, 1.807) is 21.8 Å². The molecule has 0 aliphatic carbocycles. The van der Waals surface area contributed by atoms with Gasteiger partial charge in [0.25, 0.3) is 10.0 Å². The summed E-state index contributed by atoms with van der Waals surface area (Å²) in [6, 6.07) is 3.49. The summed E-state index contributed by atoms with van der Waals surface area (Å²) in [5, 5.41) is 5.64. The molecule has 0 amide bonds. The van der Waals surface area contributed by atoms with Crippen molar-refractivity contribution in [2.45, 2.75) is 30.9 Å². The lowest BCUT2D eigenvalue weighted by Gasteiger charge is -2.29. The summed E-state index contributed by atoms with van der Waals surface area (Å²) in [6.45, 7) is 5.16. The van der Waals surface area contributed by atoms with Gasteiger partial charge in [0.05, 0.1) is 5.69 Å². The maximum absolute atomic E-state index is 12.7. The van der Waals surface area contributed by atoms with Crippen LogP contribution in [0.4, 0.5) is 0 Å². The highest BCUT2D eigenvalue weighted by Crippen LogP contribution is 2.32. The van der Waals surface area contributed by atoms with Gasteiger partial charge in [0.1, 0.15) is 4.21 Å². The third kappa shape index (κ3) is 2.90. The predicted octanol–water partition coefficient (Wildman–Crippen LogP) is 3.13. The molecule has 21 heavy (non-hydrogen) atoms. The fraction of sp³-hybridized carbons (Fsp3) is 0.500. The van der Waals surface area contributed by atoms with Crippen molar-refractivity contribution >= 4 is 21.4 Å². The highest BCUT2D eigenvalue weighted by Gasteiger charge is 2.30. The summed E-state index contributed by atoms with van der Waals surface area (Å²) >= 11 is 1.24. The number of aryl methyl sites for hydroxylation is 1. The zero-order chi connectivity index (χ0) is 15.0. The van der Waals surface area contributed by atoms with Crippen LogP contribution in [-0.2, 0) is 10.0 Å². The Balaban J connectivity index is 1.88. The lowest BCUT2D eigenvalue weighted by atomic mass is 10.0. The van der Waals surface area contributed by atoms with Crippen LogP contribution < -0.4 is 0 Å². The highest BCUT2D eigenvalue weighted by molar-refractivity contribution is 7.91. The van der Waals surface area contributed by atoms with Crippen LogP contribution in [0.2, 0.25) is 0 Å². The summed E-state index contributed by atoms with van der Waals surface area (Å²) < 4.78 is 32.5. The lowest BCUT2D eigenvalue weighted by Crippen LogP contribution is -2.38. The molecule has 0 saturated carbocycles. The molecular formula is C14H18N2O3S2. The number of thiophene rings is 1. The van der Waals surface area contributed by atoms with Gasteiger partial charge in [-0.25, -0.2) is 8.42 Å². The molecular weight excluding hydrogens is 308 g/mol. The summed E-state index contributed by atoms with van der Waals surface area (Å²) in [7, 11) is -3.39. The van der Waals surface area contributed by atoms with Crippen molar-refractivity contribution in [3.05, 3.63) is 23.2 Å². The van der Waals surface area contributed by atoms with E-state index in [-0.39, 0.29) is 0 Å². The molecule has 0 bridgehead atoms. The topological polar surface area (TPSA) is 63.4 Å². The molecule has 0 N–H and O–H groups in total. The van der Waals surface area contributed by atoms with E-state index in [1.165, 1.54) is 11.3 Å². The molecule has 1 aliphatic rings. The first kappa shape index (κ1) is 14.7. The smallest absolute Gasteiger partial charge is 0.252 e. The Morgan fingerprint density at radius 3 is 2.90 bits per heavy atom. The Hall–Kier alpha value is -1.18. The van der Waals surface area contributed by atoms with Crippen LogP contribution in [0, 0.1) is 12.8 Å². The number of nitrogens with zero attached hydrogens (tertiary/aromatic N) is 2. The normalized spacial score (nSPS) is 20.8. The standard InChI is InChI=1S/C14H18N2O3S2/c1-10-4-3-5-16(8-10)21(17,18)14-7-12(9-20-14)13-6-11(2)15-19-13/h6-7,9-10H,3-5,8H2,1-2H3. The second kappa shape index (κ2) is 5.55. The zero-order valence-electron chi connectivity index (χ0n) is 12.1. The quantitative estimate of drug-likeness (QED) is 0.869.